The Kier molecular flexibility index (Phi) is 10.6. The number of hydrogen-bond donors (Lipinski definition) is 0. The van der Waals surface area contributed by atoms with Gasteiger partial charge in [0, 0.05) is 0 Å². The zero-order valence-corrected chi connectivity index (χ0v) is 17.7. The summed E-state index contributed by atoms with van der Waals surface area (Å²) in [5.74, 6) is 1.04. The van der Waals surface area contributed by atoms with Gasteiger partial charge in [-0.15, -0.1) is 0 Å². The number of para-hydroxylation sites is 1. The summed E-state index contributed by atoms with van der Waals surface area (Å²) in [4.78, 5) is 0. The molecule has 2 heteroatoms. The molecule has 1 fully saturated rings. The topological polar surface area (TPSA) is 21.8 Å². The van der Waals surface area contributed by atoms with Crippen LogP contribution in [-0.2, 0) is 11.2 Å². The zero-order valence-electron chi connectivity index (χ0n) is 17.7. The van der Waals surface area contributed by atoms with Crippen molar-refractivity contribution in [2.45, 2.75) is 96.5 Å². The van der Waals surface area contributed by atoms with Crippen molar-refractivity contribution < 1.29 is 9.47 Å². The van der Waals surface area contributed by atoms with E-state index in [0.717, 1.165) is 18.8 Å². The highest BCUT2D eigenvalue weighted by Crippen LogP contribution is 2.28. The Morgan fingerprint density at radius 2 is 1.56 bits per heavy atom. The van der Waals surface area contributed by atoms with Crippen molar-refractivity contribution in [3.8, 4) is 5.75 Å². The van der Waals surface area contributed by atoms with E-state index in [1.54, 1.807) is 0 Å². The number of hydrogen-bond acceptors (Lipinski definition) is 2. The Labute approximate surface area is 167 Å². The van der Waals surface area contributed by atoms with E-state index in [9.17, 15) is 0 Å². The van der Waals surface area contributed by atoms with Crippen molar-refractivity contribution in [1.29, 1.82) is 0 Å². The molecule has 0 saturated carbocycles. The number of aryl methyl sites for hydroxylation is 1. The van der Waals surface area contributed by atoms with Crippen molar-refractivity contribution in [1.82, 2.24) is 0 Å². The quantitative estimate of drug-likeness (QED) is 0.173. The summed E-state index contributed by atoms with van der Waals surface area (Å²) in [6.07, 6.45) is 20.5. The summed E-state index contributed by atoms with van der Waals surface area (Å²) in [5.41, 5.74) is 1.29. The molecule has 2 rings (SSSR count). The highest BCUT2D eigenvalue weighted by Gasteiger charge is 2.40. The summed E-state index contributed by atoms with van der Waals surface area (Å²) in [6.45, 7) is 5.87. The molecule has 0 spiro atoms. The second-order valence-corrected chi connectivity index (χ2v) is 8.26. The summed E-state index contributed by atoms with van der Waals surface area (Å²) < 4.78 is 11.4. The summed E-state index contributed by atoms with van der Waals surface area (Å²) in [6, 6.07) is 8.46. The van der Waals surface area contributed by atoms with Gasteiger partial charge >= 0.3 is 0 Å². The van der Waals surface area contributed by atoms with Gasteiger partial charge in [-0.1, -0.05) is 75.8 Å². The molecule has 1 atom stereocenters. The van der Waals surface area contributed by atoms with Crippen LogP contribution >= 0.6 is 0 Å². The molecular weight excluding hydrogens is 332 g/mol. The third-order valence-electron chi connectivity index (χ3n) is 5.35. The molecule has 0 radical (unpaired) electrons. The van der Waals surface area contributed by atoms with Gasteiger partial charge in [-0.2, -0.15) is 0 Å². The fourth-order valence-corrected chi connectivity index (χ4v) is 3.32. The fourth-order valence-electron chi connectivity index (χ4n) is 3.32. The van der Waals surface area contributed by atoms with Crippen molar-refractivity contribution in [2.75, 3.05) is 13.2 Å². The molecule has 1 unspecified atom stereocenters. The van der Waals surface area contributed by atoms with Crippen LogP contribution in [0.5, 0.6) is 5.75 Å². The molecular formula is C25H40O2. The summed E-state index contributed by atoms with van der Waals surface area (Å²) in [5, 5.41) is 0. The molecule has 2 nitrogen and oxygen atoms in total. The molecule has 0 N–H and O–H groups in total. The van der Waals surface area contributed by atoms with Crippen LogP contribution in [0, 0.1) is 0 Å². The monoisotopic (exact) mass is 372 g/mol. The first-order valence-corrected chi connectivity index (χ1v) is 11.2. The molecule has 1 aliphatic heterocycles. The van der Waals surface area contributed by atoms with Gasteiger partial charge < -0.3 is 9.47 Å². The highest BCUT2D eigenvalue weighted by molar-refractivity contribution is 5.33. The minimum Gasteiger partial charge on any atom is -0.490 e. The summed E-state index contributed by atoms with van der Waals surface area (Å²) >= 11 is 0. The number of allylic oxidation sites excluding steroid dienone is 2. The fraction of sp³-hybridized carbons (Fsp3) is 0.680. The van der Waals surface area contributed by atoms with Gasteiger partial charge in [0.1, 0.15) is 18.0 Å². The van der Waals surface area contributed by atoms with Gasteiger partial charge in [-0.3, -0.25) is 0 Å². The Hall–Kier alpha value is -1.28. The van der Waals surface area contributed by atoms with Crippen LogP contribution in [0.25, 0.3) is 0 Å². The minimum atomic E-state index is -0.0467. The lowest BCUT2D eigenvalue weighted by Crippen LogP contribution is -2.17. The standard InChI is InChI=1S/C25H40O2/c1-3-4-5-6-7-8-9-10-11-12-13-14-15-18-23-19-16-17-20-24(23)26-21-25(2)22-27-25/h10-11,16-17,19-20H,3-9,12-15,18,21-22H2,1-2H3/b11-10+. The van der Waals surface area contributed by atoms with Gasteiger partial charge in [0.25, 0.3) is 0 Å². The van der Waals surface area contributed by atoms with E-state index in [0.29, 0.717) is 6.61 Å². The molecule has 1 saturated heterocycles. The van der Waals surface area contributed by atoms with Gasteiger partial charge in [-0.25, -0.2) is 0 Å². The highest BCUT2D eigenvalue weighted by atomic mass is 16.6. The van der Waals surface area contributed by atoms with Crippen LogP contribution < -0.4 is 4.74 Å². The van der Waals surface area contributed by atoms with Crippen LogP contribution in [0.3, 0.4) is 0 Å². The molecule has 1 heterocycles. The van der Waals surface area contributed by atoms with E-state index in [1.165, 1.54) is 76.2 Å². The van der Waals surface area contributed by atoms with Gasteiger partial charge in [0.15, 0.2) is 0 Å². The summed E-state index contributed by atoms with van der Waals surface area (Å²) in [7, 11) is 0. The third kappa shape index (κ3) is 10.0. The van der Waals surface area contributed by atoms with Crippen molar-refractivity contribution in [3.05, 3.63) is 42.0 Å². The number of epoxide rings is 1. The van der Waals surface area contributed by atoms with E-state index in [4.69, 9.17) is 9.47 Å². The maximum Gasteiger partial charge on any atom is 0.123 e. The molecule has 1 aromatic carbocycles. The molecule has 0 bridgehead atoms. The van der Waals surface area contributed by atoms with E-state index in [-0.39, 0.29) is 5.60 Å². The lowest BCUT2D eigenvalue weighted by molar-refractivity contribution is 0.201. The smallest absolute Gasteiger partial charge is 0.123 e. The first kappa shape index (κ1) is 22.0. The van der Waals surface area contributed by atoms with E-state index in [1.807, 2.05) is 0 Å². The normalized spacial score (nSPS) is 18.9. The number of unbranched alkanes of at least 4 members (excludes halogenated alkanes) is 9. The largest absolute Gasteiger partial charge is 0.490 e. The van der Waals surface area contributed by atoms with Crippen molar-refractivity contribution in [2.24, 2.45) is 0 Å². The lowest BCUT2D eigenvalue weighted by Gasteiger charge is -2.13. The van der Waals surface area contributed by atoms with Gasteiger partial charge in [0.05, 0.1) is 6.61 Å². The third-order valence-corrected chi connectivity index (χ3v) is 5.35. The van der Waals surface area contributed by atoms with Crippen molar-refractivity contribution in [3.63, 3.8) is 0 Å². The molecule has 152 valence electrons. The number of rotatable bonds is 16. The molecule has 0 aliphatic carbocycles. The minimum absolute atomic E-state index is 0.0467. The maximum absolute atomic E-state index is 5.99. The Balaban J connectivity index is 1.49. The van der Waals surface area contributed by atoms with Crippen LogP contribution in [0.2, 0.25) is 0 Å². The molecule has 27 heavy (non-hydrogen) atoms. The first-order valence-electron chi connectivity index (χ1n) is 11.2. The maximum atomic E-state index is 5.99. The Morgan fingerprint density at radius 1 is 0.926 bits per heavy atom. The SMILES string of the molecule is CCCCCCCC/C=C/CCCCCc1ccccc1OCC1(C)CO1. The van der Waals surface area contributed by atoms with E-state index >= 15 is 0 Å². The van der Waals surface area contributed by atoms with Crippen LogP contribution in [-0.4, -0.2) is 18.8 Å². The van der Waals surface area contributed by atoms with Gasteiger partial charge in [0.2, 0.25) is 0 Å². The first-order chi connectivity index (χ1) is 13.2. The molecule has 1 aromatic rings. The Morgan fingerprint density at radius 3 is 2.26 bits per heavy atom. The second-order valence-electron chi connectivity index (χ2n) is 8.26. The molecule has 0 amide bonds. The van der Waals surface area contributed by atoms with Crippen molar-refractivity contribution >= 4 is 0 Å². The zero-order chi connectivity index (χ0) is 19.2. The molecule has 0 aromatic heterocycles. The predicted molar refractivity (Wildman–Crippen MR) is 116 cm³/mol. The van der Waals surface area contributed by atoms with Crippen LogP contribution in [0.1, 0.15) is 90.0 Å². The van der Waals surface area contributed by atoms with Crippen LogP contribution in [0.15, 0.2) is 36.4 Å². The second kappa shape index (κ2) is 13.0. The van der Waals surface area contributed by atoms with Crippen LogP contribution in [0.4, 0.5) is 0 Å². The predicted octanol–water partition coefficient (Wildman–Crippen LogP) is 7.26. The van der Waals surface area contributed by atoms with E-state index < -0.39 is 0 Å². The average Bonchev–Trinajstić information content (AvgIpc) is 3.42. The molecule has 1 aliphatic rings. The number of ether oxygens (including phenoxy) is 2. The number of benzene rings is 1. The van der Waals surface area contributed by atoms with E-state index in [2.05, 4.69) is 50.3 Å². The Bertz CT molecular complexity index is 531. The average molecular weight is 373 g/mol. The van der Waals surface area contributed by atoms with Gasteiger partial charge in [-0.05, 0) is 57.1 Å². The lowest BCUT2D eigenvalue weighted by atomic mass is 10.0.